The quantitative estimate of drug-likeness (QED) is 0.200. The summed E-state index contributed by atoms with van der Waals surface area (Å²) in [6.07, 6.45) is 6.94. The van der Waals surface area contributed by atoms with E-state index in [-0.39, 0.29) is 51.1 Å². The molecule has 0 saturated heterocycles. The first-order valence-electron chi connectivity index (χ1n) is 12.8. The average molecular weight is 577 g/mol. The SMILES string of the molecule is CSCC[C@@H](N/C(C)=C1\C(=O)C=C2Oc3c(C(C)=O)c(O)c(C)c(O)c3[C@@]2(C)C1=O)c1nc(-c2ccncc2)no1. The molecule has 0 bridgehead atoms. The molecule has 11 nitrogen and oxygen atoms in total. The van der Waals surface area contributed by atoms with Gasteiger partial charge in [0.25, 0.3) is 0 Å². The molecule has 1 aliphatic heterocycles. The second-order valence-electron chi connectivity index (χ2n) is 10.1. The molecule has 0 saturated carbocycles. The molecule has 3 aromatic rings. The van der Waals surface area contributed by atoms with Gasteiger partial charge >= 0.3 is 0 Å². The van der Waals surface area contributed by atoms with Crippen molar-refractivity contribution in [2.24, 2.45) is 0 Å². The molecule has 2 aromatic heterocycles. The number of aromatic nitrogens is 3. The maximum absolute atomic E-state index is 14.1. The maximum atomic E-state index is 14.1. The fraction of sp³-hybridized carbons (Fsp3) is 0.310. The third kappa shape index (κ3) is 4.48. The van der Waals surface area contributed by atoms with Crippen molar-refractivity contribution in [2.75, 3.05) is 12.0 Å². The minimum atomic E-state index is -1.61. The van der Waals surface area contributed by atoms with E-state index >= 15 is 0 Å². The van der Waals surface area contributed by atoms with Crippen LogP contribution in [0.5, 0.6) is 17.2 Å². The summed E-state index contributed by atoms with van der Waals surface area (Å²) >= 11 is 1.61. The van der Waals surface area contributed by atoms with E-state index in [2.05, 4.69) is 20.4 Å². The molecular weight excluding hydrogens is 548 g/mol. The number of ether oxygens (including phenoxy) is 1. The number of fused-ring (bicyclic) bond motifs is 3. The predicted molar refractivity (Wildman–Crippen MR) is 150 cm³/mol. The molecule has 5 rings (SSSR count). The Labute approximate surface area is 239 Å². The number of Topliss-reactive ketones (excluding diaryl/α,β-unsaturated/α-hetero) is 2. The number of carbonyl (C=O) groups is 3. The highest BCUT2D eigenvalue weighted by atomic mass is 32.2. The third-order valence-corrected chi connectivity index (χ3v) is 8.08. The van der Waals surface area contributed by atoms with E-state index in [0.29, 0.717) is 12.2 Å². The zero-order valence-corrected chi connectivity index (χ0v) is 23.9. The van der Waals surface area contributed by atoms with Gasteiger partial charge in [0.05, 0.1) is 11.1 Å². The van der Waals surface area contributed by atoms with E-state index in [9.17, 15) is 24.6 Å². The Kier molecular flexibility index (Phi) is 7.20. The Morgan fingerprint density at radius 2 is 1.88 bits per heavy atom. The smallest absolute Gasteiger partial charge is 0.249 e. The van der Waals surface area contributed by atoms with Gasteiger partial charge in [-0.05, 0) is 58.3 Å². The highest BCUT2D eigenvalue weighted by Gasteiger charge is 2.56. The summed E-state index contributed by atoms with van der Waals surface area (Å²) in [5.74, 6) is -1.33. The summed E-state index contributed by atoms with van der Waals surface area (Å²) in [5, 5.41) is 28.9. The molecule has 2 atom stereocenters. The topological polar surface area (TPSA) is 165 Å². The number of ketones is 3. The molecule has 41 heavy (non-hydrogen) atoms. The number of hydrogen-bond acceptors (Lipinski definition) is 12. The van der Waals surface area contributed by atoms with Crippen LogP contribution in [0.15, 0.2) is 52.2 Å². The van der Waals surface area contributed by atoms with Gasteiger partial charge in [0.2, 0.25) is 11.7 Å². The van der Waals surface area contributed by atoms with Gasteiger partial charge in [0, 0.05) is 35.3 Å². The van der Waals surface area contributed by atoms with E-state index in [1.807, 2.05) is 6.26 Å². The van der Waals surface area contributed by atoms with Crippen molar-refractivity contribution in [1.29, 1.82) is 0 Å². The normalized spacial score (nSPS) is 19.7. The largest absolute Gasteiger partial charge is 0.507 e. The molecule has 12 heteroatoms. The van der Waals surface area contributed by atoms with Crippen LogP contribution in [0, 0.1) is 6.92 Å². The molecule has 0 fully saturated rings. The molecule has 0 unspecified atom stereocenters. The second-order valence-corrected chi connectivity index (χ2v) is 11.0. The number of nitrogens with one attached hydrogen (secondary N) is 1. The number of hydrogen-bond donors (Lipinski definition) is 3. The number of benzene rings is 1. The van der Waals surface area contributed by atoms with Gasteiger partial charge in [0.15, 0.2) is 17.3 Å². The standard InChI is InChI=1S/C29H28N4O7S/c1-13-23(36)21(15(3)34)25-22(24(13)37)29(4)19(39-25)12-18(35)20(26(29)38)14(2)31-17(8-11-41-5)28-32-27(33-40-28)16-6-9-30-10-7-16/h6-7,9-10,12,17,31,36-37H,8,11H2,1-5H3/b20-14+/t17-,29+/m1/s1. The Morgan fingerprint density at radius 1 is 1.17 bits per heavy atom. The number of carbonyl (C=O) groups excluding carboxylic acids is 3. The van der Waals surface area contributed by atoms with Crippen LogP contribution in [-0.4, -0.2) is 54.7 Å². The van der Waals surface area contributed by atoms with Crippen molar-refractivity contribution in [1.82, 2.24) is 20.4 Å². The Bertz CT molecular complexity index is 1660. The zero-order chi connectivity index (χ0) is 29.6. The van der Waals surface area contributed by atoms with Crippen LogP contribution in [0.25, 0.3) is 11.4 Å². The molecule has 3 heterocycles. The minimum absolute atomic E-state index is 0.0281. The molecule has 1 aliphatic carbocycles. The van der Waals surface area contributed by atoms with Crippen molar-refractivity contribution in [2.45, 2.75) is 45.6 Å². The summed E-state index contributed by atoms with van der Waals surface area (Å²) in [5.41, 5.74) is -0.837. The van der Waals surface area contributed by atoms with Crippen LogP contribution < -0.4 is 10.1 Å². The van der Waals surface area contributed by atoms with Crippen LogP contribution in [0.3, 0.4) is 0 Å². The van der Waals surface area contributed by atoms with Gasteiger partial charge in [-0.1, -0.05) is 5.16 Å². The van der Waals surface area contributed by atoms with Crippen LogP contribution in [0.4, 0.5) is 0 Å². The second kappa shape index (κ2) is 10.5. The molecule has 2 aliphatic rings. The number of aromatic hydroxyl groups is 2. The lowest BCUT2D eigenvalue weighted by atomic mass is 9.70. The maximum Gasteiger partial charge on any atom is 0.249 e. The fourth-order valence-electron chi connectivity index (χ4n) is 5.18. The Balaban J connectivity index is 1.56. The van der Waals surface area contributed by atoms with E-state index in [4.69, 9.17) is 9.26 Å². The average Bonchev–Trinajstić information content (AvgIpc) is 3.54. The molecule has 3 N–H and O–H groups in total. The van der Waals surface area contributed by atoms with Crippen molar-refractivity contribution in [3.05, 3.63) is 70.2 Å². The van der Waals surface area contributed by atoms with Crippen LogP contribution in [0.1, 0.15) is 60.6 Å². The van der Waals surface area contributed by atoms with Crippen molar-refractivity contribution < 1.29 is 33.9 Å². The summed E-state index contributed by atoms with van der Waals surface area (Å²) in [4.78, 5) is 48.4. The first-order valence-corrected chi connectivity index (χ1v) is 14.2. The van der Waals surface area contributed by atoms with E-state index in [1.165, 1.54) is 26.8 Å². The van der Waals surface area contributed by atoms with E-state index < -0.39 is 34.6 Å². The number of rotatable bonds is 8. The Hall–Kier alpha value is -4.45. The van der Waals surface area contributed by atoms with Crippen molar-refractivity contribution in [3.63, 3.8) is 0 Å². The van der Waals surface area contributed by atoms with Crippen LogP contribution in [0.2, 0.25) is 0 Å². The fourth-order valence-corrected chi connectivity index (χ4v) is 5.66. The monoisotopic (exact) mass is 576 g/mol. The number of phenols is 2. The number of pyridine rings is 1. The van der Waals surface area contributed by atoms with Gasteiger partial charge in [-0.15, -0.1) is 0 Å². The van der Waals surface area contributed by atoms with E-state index in [0.717, 1.165) is 11.3 Å². The lowest BCUT2D eigenvalue weighted by Crippen LogP contribution is -2.41. The summed E-state index contributed by atoms with van der Waals surface area (Å²) < 4.78 is 11.4. The molecule has 1 aromatic carbocycles. The van der Waals surface area contributed by atoms with Crippen LogP contribution in [-0.2, 0) is 15.0 Å². The number of phenolic OH excluding ortho intramolecular Hbond substituents is 2. The molecule has 0 radical (unpaired) electrons. The predicted octanol–water partition coefficient (Wildman–Crippen LogP) is 4.10. The lowest BCUT2D eigenvalue weighted by molar-refractivity contribution is -0.123. The molecule has 0 amide bonds. The first kappa shape index (κ1) is 28.1. The highest BCUT2D eigenvalue weighted by Crippen LogP contribution is 2.57. The van der Waals surface area contributed by atoms with Gasteiger partial charge in [-0.25, -0.2) is 0 Å². The Morgan fingerprint density at radius 3 is 2.54 bits per heavy atom. The van der Waals surface area contributed by atoms with Crippen molar-refractivity contribution >= 4 is 29.1 Å². The summed E-state index contributed by atoms with van der Waals surface area (Å²) in [7, 11) is 0. The third-order valence-electron chi connectivity index (χ3n) is 7.44. The highest BCUT2D eigenvalue weighted by molar-refractivity contribution is 7.98. The van der Waals surface area contributed by atoms with Gasteiger partial charge < -0.3 is 24.8 Å². The molecular formula is C29H28N4O7S. The number of thioether (sulfide) groups is 1. The lowest BCUT2D eigenvalue weighted by Gasteiger charge is -2.29. The summed E-state index contributed by atoms with van der Waals surface area (Å²) in [6.45, 7) is 5.81. The van der Waals surface area contributed by atoms with E-state index in [1.54, 1.807) is 43.2 Å². The van der Waals surface area contributed by atoms with Gasteiger partial charge in [-0.3, -0.25) is 19.4 Å². The summed E-state index contributed by atoms with van der Waals surface area (Å²) in [6, 6.07) is 3.00. The zero-order valence-electron chi connectivity index (χ0n) is 23.1. The first-order chi connectivity index (χ1) is 19.5. The number of nitrogens with zero attached hydrogens (tertiary/aromatic N) is 3. The van der Waals surface area contributed by atoms with Gasteiger partial charge in [0.1, 0.15) is 40.0 Å². The van der Waals surface area contributed by atoms with Gasteiger partial charge in [-0.2, -0.15) is 16.7 Å². The minimum Gasteiger partial charge on any atom is -0.507 e. The molecule has 0 spiro atoms. The molecule has 212 valence electrons. The number of allylic oxidation sites excluding steroid dienone is 4. The van der Waals surface area contributed by atoms with Crippen molar-refractivity contribution in [3.8, 4) is 28.6 Å². The van der Waals surface area contributed by atoms with Crippen LogP contribution >= 0.6 is 11.8 Å².